The zero-order valence-electron chi connectivity index (χ0n) is 19.8. The molecule has 1 N–H and O–H groups in total. The number of allylic oxidation sites excluding steroid dienone is 2. The molecule has 1 aromatic heterocycles. The minimum absolute atomic E-state index is 0.221. The molecule has 0 bridgehead atoms. The fourth-order valence-corrected chi connectivity index (χ4v) is 5.14. The molecule has 0 spiro atoms. The van der Waals surface area contributed by atoms with Gasteiger partial charge in [-0.15, -0.1) is 0 Å². The predicted molar refractivity (Wildman–Crippen MR) is 137 cm³/mol. The van der Waals surface area contributed by atoms with Gasteiger partial charge in [0.1, 0.15) is 17.7 Å². The zero-order valence-corrected chi connectivity index (χ0v) is 21.3. The van der Waals surface area contributed by atoms with Crippen molar-refractivity contribution in [1.82, 2.24) is 14.7 Å². The van der Waals surface area contributed by atoms with Crippen LogP contribution in [0.25, 0.3) is 0 Å². The van der Waals surface area contributed by atoms with Gasteiger partial charge in [-0.05, 0) is 48.9 Å². The third-order valence-corrected chi connectivity index (χ3v) is 7.43. The second-order valence-electron chi connectivity index (χ2n) is 8.99. The first kappa shape index (κ1) is 25.5. The van der Waals surface area contributed by atoms with E-state index in [0.717, 1.165) is 11.8 Å². The maximum atomic E-state index is 13.6. The number of anilines is 2. The van der Waals surface area contributed by atoms with Gasteiger partial charge in [-0.3, -0.25) is 0 Å². The average Bonchev–Trinajstić information content (AvgIpc) is 3.29. The van der Waals surface area contributed by atoms with Crippen LogP contribution < -0.4 is 10.2 Å². The highest BCUT2D eigenvalue weighted by Gasteiger charge is 2.39. The number of hydrogen-bond acceptors (Lipinski definition) is 4. The first-order chi connectivity index (χ1) is 17.5. The highest BCUT2D eigenvalue weighted by atomic mass is 35.5. The van der Waals surface area contributed by atoms with Crippen LogP contribution in [-0.4, -0.2) is 40.9 Å². The number of nitrogens with zero attached hydrogens (tertiary/aromatic N) is 4. The molecule has 1 unspecified atom stereocenters. The number of rotatable bonds is 4. The average molecular weight is 552 g/mol. The van der Waals surface area contributed by atoms with Crippen LogP contribution in [0.1, 0.15) is 24.2 Å². The number of halogens is 6. The van der Waals surface area contributed by atoms with E-state index in [1.54, 1.807) is 30.3 Å². The summed E-state index contributed by atoms with van der Waals surface area (Å²) in [4.78, 5) is 4.26. The Hall–Kier alpha value is -3.17. The molecule has 5 rings (SSSR count). The number of hydrogen-bond donors (Lipinski definition) is 1. The molecule has 3 aromatic rings. The van der Waals surface area contributed by atoms with Crippen molar-refractivity contribution >= 4 is 34.7 Å². The summed E-state index contributed by atoms with van der Waals surface area (Å²) >= 11 is 12.4. The first-order valence-electron chi connectivity index (χ1n) is 11.6. The summed E-state index contributed by atoms with van der Waals surface area (Å²) in [5.74, 6) is -0.0680. The first-order valence-corrected chi connectivity index (χ1v) is 12.3. The molecule has 1 atom stereocenters. The van der Waals surface area contributed by atoms with Gasteiger partial charge in [0.05, 0.1) is 10.0 Å². The number of nitrogens with one attached hydrogen (secondary N) is 1. The van der Waals surface area contributed by atoms with Crippen molar-refractivity contribution in [3.05, 3.63) is 99.2 Å². The molecule has 11 heteroatoms. The molecule has 0 aliphatic carbocycles. The molecule has 2 aromatic carbocycles. The molecule has 3 heterocycles. The van der Waals surface area contributed by atoms with E-state index in [4.69, 9.17) is 23.2 Å². The molecule has 1 saturated heterocycles. The molecule has 37 heavy (non-hydrogen) atoms. The summed E-state index contributed by atoms with van der Waals surface area (Å²) < 4.78 is 55.3. The zero-order chi connectivity index (χ0) is 26.5. The number of alkyl halides is 3. The van der Waals surface area contributed by atoms with E-state index in [-0.39, 0.29) is 16.7 Å². The molecular formula is C26H23Cl2F4N5. The standard InChI is InChI=1S/C26H23Cl2F4N5/c1-15-24(16(2)35-9-11-36(12-10-35)19-6-4-18(29)5-7-19)25(17-3-8-20(27)21(28)13-17)37-23(33-15)14-22(34-37)26(30,31)32/h3-8,13-14,25,33H,2,9-12H2,1H3. The van der Waals surface area contributed by atoms with Crippen LogP contribution in [0.5, 0.6) is 0 Å². The molecular weight excluding hydrogens is 529 g/mol. The highest BCUT2D eigenvalue weighted by Crippen LogP contribution is 2.43. The Morgan fingerprint density at radius 1 is 1.00 bits per heavy atom. The topological polar surface area (TPSA) is 36.3 Å². The van der Waals surface area contributed by atoms with E-state index >= 15 is 0 Å². The predicted octanol–water partition coefficient (Wildman–Crippen LogP) is 6.97. The van der Waals surface area contributed by atoms with E-state index in [0.29, 0.717) is 53.7 Å². The Balaban J connectivity index is 1.47. The highest BCUT2D eigenvalue weighted by molar-refractivity contribution is 6.42. The number of fused-ring (bicyclic) bond motifs is 1. The Morgan fingerprint density at radius 3 is 2.30 bits per heavy atom. The smallest absolute Gasteiger partial charge is 0.368 e. The summed E-state index contributed by atoms with van der Waals surface area (Å²) in [6.07, 6.45) is -4.60. The molecule has 0 saturated carbocycles. The van der Waals surface area contributed by atoms with Gasteiger partial charge in [-0.1, -0.05) is 35.8 Å². The second kappa shape index (κ2) is 9.61. The molecule has 1 fully saturated rings. The van der Waals surface area contributed by atoms with Crippen LogP contribution in [0.2, 0.25) is 10.0 Å². The Bertz CT molecular complexity index is 1370. The molecule has 5 nitrogen and oxygen atoms in total. The van der Waals surface area contributed by atoms with Crippen LogP contribution in [0.4, 0.5) is 29.1 Å². The molecule has 0 radical (unpaired) electrons. The van der Waals surface area contributed by atoms with Crippen LogP contribution in [0.3, 0.4) is 0 Å². The van der Waals surface area contributed by atoms with E-state index < -0.39 is 17.9 Å². The van der Waals surface area contributed by atoms with Crippen LogP contribution in [0, 0.1) is 5.82 Å². The lowest BCUT2D eigenvalue weighted by atomic mass is 9.92. The maximum Gasteiger partial charge on any atom is 0.435 e. The second-order valence-corrected chi connectivity index (χ2v) is 9.81. The molecule has 194 valence electrons. The lowest BCUT2D eigenvalue weighted by molar-refractivity contribution is -0.141. The largest absolute Gasteiger partial charge is 0.435 e. The minimum atomic E-state index is -4.60. The minimum Gasteiger partial charge on any atom is -0.368 e. The van der Waals surface area contributed by atoms with Gasteiger partial charge in [0, 0.05) is 54.9 Å². The summed E-state index contributed by atoms with van der Waals surface area (Å²) in [6.45, 7) is 8.75. The van der Waals surface area contributed by atoms with Crippen molar-refractivity contribution in [2.45, 2.75) is 19.1 Å². The van der Waals surface area contributed by atoms with Gasteiger partial charge < -0.3 is 15.1 Å². The van der Waals surface area contributed by atoms with Crippen molar-refractivity contribution in [3.8, 4) is 0 Å². The van der Waals surface area contributed by atoms with E-state index in [2.05, 4.69) is 26.8 Å². The summed E-state index contributed by atoms with van der Waals surface area (Å²) in [5, 5.41) is 7.63. The number of piperazine rings is 1. The fourth-order valence-electron chi connectivity index (χ4n) is 4.83. The maximum absolute atomic E-state index is 13.6. The van der Waals surface area contributed by atoms with E-state index in [9.17, 15) is 17.6 Å². The monoisotopic (exact) mass is 551 g/mol. The van der Waals surface area contributed by atoms with Crippen molar-refractivity contribution in [2.24, 2.45) is 0 Å². The van der Waals surface area contributed by atoms with E-state index in [1.807, 2.05) is 6.92 Å². The van der Waals surface area contributed by atoms with Gasteiger partial charge in [-0.25, -0.2) is 9.07 Å². The number of benzene rings is 2. The van der Waals surface area contributed by atoms with Gasteiger partial charge in [0.25, 0.3) is 0 Å². The van der Waals surface area contributed by atoms with Gasteiger partial charge in [-0.2, -0.15) is 18.3 Å². The quantitative estimate of drug-likeness (QED) is 0.355. The summed E-state index contributed by atoms with van der Waals surface area (Å²) in [5.41, 5.74) is 2.62. The van der Waals surface area contributed by atoms with Crippen molar-refractivity contribution < 1.29 is 17.6 Å². The Labute approximate surface area is 221 Å². The number of aromatic nitrogens is 2. The van der Waals surface area contributed by atoms with Gasteiger partial charge >= 0.3 is 6.18 Å². The van der Waals surface area contributed by atoms with Crippen LogP contribution in [0.15, 0.2) is 72.1 Å². The third-order valence-electron chi connectivity index (χ3n) is 6.69. The molecule has 2 aliphatic heterocycles. The summed E-state index contributed by atoms with van der Waals surface area (Å²) in [7, 11) is 0. The Kier molecular flexibility index (Phi) is 6.62. The SMILES string of the molecule is C=C(C1=C(C)Nc2cc(C(F)(F)F)nn2C1c1ccc(Cl)c(Cl)c1)N1CCN(c2ccc(F)cc2)CC1. The van der Waals surface area contributed by atoms with Crippen LogP contribution >= 0.6 is 23.2 Å². The van der Waals surface area contributed by atoms with Gasteiger partial charge in [0.2, 0.25) is 0 Å². The third kappa shape index (κ3) is 4.90. The lowest BCUT2D eigenvalue weighted by Gasteiger charge is -2.41. The van der Waals surface area contributed by atoms with Crippen molar-refractivity contribution in [2.75, 3.05) is 36.4 Å². The fraction of sp³-hybridized carbons (Fsp3) is 0.269. The summed E-state index contributed by atoms with van der Waals surface area (Å²) in [6, 6.07) is 11.6. The van der Waals surface area contributed by atoms with Crippen molar-refractivity contribution in [1.29, 1.82) is 0 Å². The van der Waals surface area contributed by atoms with Crippen LogP contribution in [-0.2, 0) is 6.18 Å². The molecule has 0 amide bonds. The van der Waals surface area contributed by atoms with Gasteiger partial charge in [0.15, 0.2) is 5.69 Å². The Morgan fingerprint density at radius 2 is 1.68 bits per heavy atom. The molecule has 2 aliphatic rings. The lowest BCUT2D eigenvalue weighted by Crippen LogP contribution is -2.46. The normalized spacial score (nSPS) is 18.1. The van der Waals surface area contributed by atoms with Crippen molar-refractivity contribution in [3.63, 3.8) is 0 Å². The van der Waals surface area contributed by atoms with E-state index in [1.165, 1.54) is 16.8 Å².